The Morgan fingerprint density at radius 1 is 1.05 bits per heavy atom. The third-order valence-electron chi connectivity index (χ3n) is 2.99. The number of hydrogen-bond acceptors (Lipinski definition) is 3. The van der Waals surface area contributed by atoms with E-state index in [0.717, 1.165) is 23.4 Å². The Morgan fingerprint density at radius 3 is 2.10 bits per heavy atom. The van der Waals surface area contributed by atoms with Crippen LogP contribution in [0.15, 0.2) is 48.5 Å². The van der Waals surface area contributed by atoms with Gasteiger partial charge in [-0.25, -0.2) is 0 Å². The van der Waals surface area contributed by atoms with E-state index in [2.05, 4.69) is 11.4 Å². The molecule has 0 aliphatic rings. The maximum Gasteiger partial charge on any atom is 0.162 e. The zero-order valence-electron chi connectivity index (χ0n) is 11.4. The first kappa shape index (κ1) is 13.8. The van der Waals surface area contributed by atoms with Crippen LogP contribution in [0.2, 0.25) is 0 Å². The van der Waals surface area contributed by atoms with Gasteiger partial charge in [-0.2, -0.15) is 5.26 Å². The second kappa shape index (κ2) is 6.53. The van der Waals surface area contributed by atoms with E-state index in [1.807, 2.05) is 43.3 Å². The fourth-order valence-corrected chi connectivity index (χ4v) is 1.91. The van der Waals surface area contributed by atoms with Crippen molar-refractivity contribution in [2.45, 2.75) is 19.8 Å². The highest BCUT2D eigenvalue weighted by molar-refractivity contribution is 5.96. The highest BCUT2D eigenvalue weighted by atomic mass is 16.1. The van der Waals surface area contributed by atoms with Gasteiger partial charge in [-0.1, -0.05) is 6.92 Å². The predicted octanol–water partition coefficient (Wildman–Crippen LogP) is 4.28. The number of nitriles is 1. The molecule has 2 aromatic rings. The molecular weight excluding hydrogens is 248 g/mol. The predicted molar refractivity (Wildman–Crippen MR) is 80.1 cm³/mol. The quantitative estimate of drug-likeness (QED) is 0.820. The zero-order chi connectivity index (χ0) is 14.4. The molecule has 0 aliphatic carbocycles. The molecule has 100 valence electrons. The Hall–Kier alpha value is -2.60. The summed E-state index contributed by atoms with van der Waals surface area (Å²) in [6.07, 6.45) is 1.45. The van der Waals surface area contributed by atoms with Gasteiger partial charge in [-0.05, 0) is 55.0 Å². The first-order valence-corrected chi connectivity index (χ1v) is 6.63. The number of nitrogens with one attached hydrogen (secondary N) is 1. The van der Waals surface area contributed by atoms with Gasteiger partial charge in [0.1, 0.15) is 0 Å². The van der Waals surface area contributed by atoms with Gasteiger partial charge in [0, 0.05) is 23.4 Å². The standard InChI is InChI=1S/C17H16N2O/c1-2-3-17(20)14-6-10-16(11-7-14)19-15-8-4-13(12-18)5-9-15/h4-11,19H,2-3H2,1H3. The lowest BCUT2D eigenvalue weighted by Gasteiger charge is -2.07. The lowest BCUT2D eigenvalue weighted by atomic mass is 10.1. The van der Waals surface area contributed by atoms with Crippen LogP contribution in [0.1, 0.15) is 35.7 Å². The van der Waals surface area contributed by atoms with Crippen LogP contribution in [0.4, 0.5) is 11.4 Å². The van der Waals surface area contributed by atoms with Crippen molar-refractivity contribution in [2.75, 3.05) is 5.32 Å². The van der Waals surface area contributed by atoms with Crippen molar-refractivity contribution in [3.05, 3.63) is 59.7 Å². The number of anilines is 2. The molecule has 2 aromatic carbocycles. The number of rotatable bonds is 5. The molecule has 0 atom stereocenters. The van der Waals surface area contributed by atoms with Gasteiger partial charge in [0.25, 0.3) is 0 Å². The van der Waals surface area contributed by atoms with Crippen molar-refractivity contribution in [3.8, 4) is 6.07 Å². The maximum absolute atomic E-state index is 11.7. The van der Waals surface area contributed by atoms with Gasteiger partial charge in [-0.3, -0.25) is 4.79 Å². The fraction of sp³-hybridized carbons (Fsp3) is 0.176. The number of benzene rings is 2. The van der Waals surface area contributed by atoms with Crippen LogP contribution in [0, 0.1) is 11.3 Å². The fourth-order valence-electron chi connectivity index (χ4n) is 1.91. The molecule has 0 aliphatic heterocycles. The Balaban J connectivity index is 2.06. The molecule has 0 unspecified atom stereocenters. The van der Waals surface area contributed by atoms with Crippen LogP contribution in [0.5, 0.6) is 0 Å². The van der Waals surface area contributed by atoms with Crippen molar-refractivity contribution in [3.63, 3.8) is 0 Å². The summed E-state index contributed by atoms with van der Waals surface area (Å²) in [4.78, 5) is 11.7. The smallest absolute Gasteiger partial charge is 0.162 e. The van der Waals surface area contributed by atoms with Crippen LogP contribution in [-0.4, -0.2) is 5.78 Å². The molecule has 20 heavy (non-hydrogen) atoms. The summed E-state index contributed by atoms with van der Waals surface area (Å²) in [6.45, 7) is 2.00. The summed E-state index contributed by atoms with van der Waals surface area (Å²) >= 11 is 0. The number of nitrogens with zero attached hydrogens (tertiary/aromatic N) is 1. The number of carbonyl (C=O) groups is 1. The average molecular weight is 264 g/mol. The van der Waals surface area contributed by atoms with E-state index in [1.54, 1.807) is 12.1 Å². The van der Waals surface area contributed by atoms with E-state index in [-0.39, 0.29) is 5.78 Å². The van der Waals surface area contributed by atoms with E-state index < -0.39 is 0 Å². The lowest BCUT2D eigenvalue weighted by Crippen LogP contribution is -1.98. The molecule has 1 N–H and O–H groups in total. The minimum Gasteiger partial charge on any atom is -0.356 e. The van der Waals surface area contributed by atoms with Crippen molar-refractivity contribution in [2.24, 2.45) is 0 Å². The van der Waals surface area contributed by atoms with Crippen LogP contribution in [0.3, 0.4) is 0 Å². The molecule has 0 amide bonds. The van der Waals surface area contributed by atoms with Crippen LogP contribution in [-0.2, 0) is 0 Å². The number of Topliss-reactive ketones (excluding diaryl/α,β-unsaturated/α-hetero) is 1. The maximum atomic E-state index is 11.7. The van der Waals surface area contributed by atoms with E-state index in [9.17, 15) is 4.79 Å². The normalized spacial score (nSPS) is 9.80. The molecule has 0 saturated carbocycles. The SMILES string of the molecule is CCCC(=O)c1ccc(Nc2ccc(C#N)cc2)cc1. The number of hydrogen-bond donors (Lipinski definition) is 1. The molecule has 0 heterocycles. The summed E-state index contributed by atoms with van der Waals surface area (Å²) < 4.78 is 0. The minimum atomic E-state index is 0.178. The summed E-state index contributed by atoms with van der Waals surface area (Å²) in [5.41, 5.74) is 3.22. The summed E-state index contributed by atoms with van der Waals surface area (Å²) in [6, 6.07) is 16.8. The Bertz CT molecular complexity index is 622. The van der Waals surface area contributed by atoms with Crippen molar-refractivity contribution >= 4 is 17.2 Å². The number of carbonyl (C=O) groups excluding carboxylic acids is 1. The van der Waals surface area contributed by atoms with Gasteiger partial charge in [0.2, 0.25) is 0 Å². The second-order valence-electron chi connectivity index (χ2n) is 4.56. The number of ketones is 1. The topological polar surface area (TPSA) is 52.9 Å². The highest BCUT2D eigenvalue weighted by Gasteiger charge is 2.04. The van der Waals surface area contributed by atoms with Crippen LogP contribution >= 0.6 is 0 Å². The van der Waals surface area contributed by atoms with Crippen LogP contribution in [0.25, 0.3) is 0 Å². The zero-order valence-corrected chi connectivity index (χ0v) is 11.4. The highest BCUT2D eigenvalue weighted by Crippen LogP contribution is 2.18. The van der Waals surface area contributed by atoms with Crippen LogP contribution < -0.4 is 5.32 Å². The van der Waals surface area contributed by atoms with Gasteiger partial charge >= 0.3 is 0 Å². The first-order chi connectivity index (χ1) is 9.72. The molecule has 3 nitrogen and oxygen atoms in total. The van der Waals surface area contributed by atoms with E-state index in [4.69, 9.17) is 5.26 Å². The molecule has 0 aromatic heterocycles. The molecule has 0 fully saturated rings. The van der Waals surface area contributed by atoms with Crippen molar-refractivity contribution in [1.82, 2.24) is 0 Å². The Labute approximate surface area is 118 Å². The van der Waals surface area contributed by atoms with Gasteiger partial charge in [0.05, 0.1) is 11.6 Å². The molecule has 0 radical (unpaired) electrons. The second-order valence-corrected chi connectivity index (χ2v) is 4.56. The van der Waals surface area contributed by atoms with E-state index >= 15 is 0 Å². The van der Waals surface area contributed by atoms with Gasteiger partial charge < -0.3 is 5.32 Å². The van der Waals surface area contributed by atoms with Crippen molar-refractivity contribution < 1.29 is 4.79 Å². The summed E-state index contributed by atoms with van der Waals surface area (Å²) in [5, 5.41) is 12.0. The van der Waals surface area contributed by atoms with Crippen molar-refractivity contribution in [1.29, 1.82) is 5.26 Å². The molecular formula is C17H16N2O. The minimum absolute atomic E-state index is 0.178. The first-order valence-electron chi connectivity index (χ1n) is 6.63. The monoisotopic (exact) mass is 264 g/mol. The molecule has 0 saturated heterocycles. The third kappa shape index (κ3) is 3.46. The summed E-state index contributed by atoms with van der Waals surface area (Å²) in [5.74, 6) is 0.178. The lowest BCUT2D eigenvalue weighted by molar-refractivity contribution is 0.0982. The Kier molecular flexibility index (Phi) is 4.52. The third-order valence-corrected chi connectivity index (χ3v) is 2.99. The van der Waals surface area contributed by atoms with Gasteiger partial charge in [0.15, 0.2) is 5.78 Å². The molecule has 0 bridgehead atoms. The van der Waals surface area contributed by atoms with E-state index in [1.165, 1.54) is 0 Å². The molecule has 3 heteroatoms. The largest absolute Gasteiger partial charge is 0.356 e. The molecule has 2 rings (SSSR count). The van der Waals surface area contributed by atoms with Gasteiger partial charge in [-0.15, -0.1) is 0 Å². The summed E-state index contributed by atoms with van der Waals surface area (Å²) in [7, 11) is 0. The van der Waals surface area contributed by atoms with E-state index in [0.29, 0.717) is 12.0 Å². The Morgan fingerprint density at radius 2 is 1.60 bits per heavy atom. The molecule has 0 spiro atoms. The average Bonchev–Trinajstić information content (AvgIpc) is 2.49.